The van der Waals surface area contributed by atoms with E-state index in [1.807, 2.05) is 42.7 Å². The molecule has 0 aliphatic heterocycles. The van der Waals surface area contributed by atoms with Gasteiger partial charge in [-0.2, -0.15) is 0 Å². The molecular weight excluding hydrogens is 232 g/mol. The van der Waals surface area contributed by atoms with Crippen LogP contribution < -0.4 is 0 Å². The van der Waals surface area contributed by atoms with Crippen molar-refractivity contribution in [2.45, 2.75) is 6.92 Å². The number of hydrogen-bond acceptors (Lipinski definition) is 2. The van der Waals surface area contributed by atoms with Crippen molar-refractivity contribution in [3.8, 4) is 22.5 Å². The summed E-state index contributed by atoms with van der Waals surface area (Å²) in [5.74, 6) is 0.761. The Morgan fingerprint density at radius 2 is 1.37 bits per heavy atom. The molecule has 0 saturated carbocycles. The molecule has 0 atom stereocenters. The molecule has 2 nitrogen and oxygen atoms in total. The van der Waals surface area contributed by atoms with E-state index in [1.54, 1.807) is 0 Å². The Balaban J connectivity index is 1.95. The summed E-state index contributed by atoms with van der Waals surface area (Å²) in [7, 11) is 0. The van der Waals surface area contributed by atoms with Crippen molar-refractivity contribution in [2.24, 2.45) is 0 Å². The normalized spacial score (nSPS) is 10.4. The third kappa shape index (κ3) is 2.52. The van der Waals surface area contributed by atoms with Crippen molar-refractivity contribution in [3.63, 3.8) is 0 Å². The first-order chi connectivity index (χ1) is 9.33. The van der Waals surface area contributed by atoms with E-state index >= 15 is 0 Å². The predicted molar refractivity (Wildman–Crippen MR) is 77.6 cm³/mol. The number of aryl methyl sites for hydroxylation is 1. The summed E-state index contributed by atoms with van der Waals surface area (Å²) in [4.78, 5) is 8.89. The van der Waals surface area contributed by atoms with Crippen molar-refractivity contribution in [1.82, 2.24) is 9.97 Å². The quantitative estimate of drug-likeness (QED) is 0.679. The molecule has 0 saturated heterocycles. The summed E-state index contributed by atoms with van der Waals surface area (Å²) in [5, 5.41) is 0. The highest BCUT2D eigenvalue weighted by molar-refractivity contribution is 5.64. The van der Waals surface area contributed by atoms with Gasteiger partial charge in [-0.3, -0.25) is 0 Å². The first kappa shape index (κ1) is 11.6. The van der Waals surface area contributed by atoms with Crippen molar-refractivity contribution in [2.75, 3.05) is 0 Å². The van der Waals surface area contributed by atoms with Crippen LogP contribution in [0.3, 0.4) is 0 Å². The topological polar surface area (TPSA) is 25.8 Å². The zero-order chi connectivity index (χ0) is 13.1. The maximum Gasteiger partial charge on any atom is 0.159 e. The Bertz CT molecular complexity index is 673. The molecule has 2 heteroatoms. The largest absolute Gasteiger partial charge is 0.236 e. The van der Waals surface area contributed by atoms with Gasteiger partial charge in [0.05, 0.1) is 0 Å². The summed E-state index contributed by atoms with van der Waals surface area (Å²) in [5.41, 5.74) is 4.48. The van der Waals surface area contributed by atoms with E-state index in [1.165, 1.54) is 5.56 Å². The smallest absolute Gasteiger partial charge is 0.159 e. The van der Waals surface area contributed by atoms with Crippen LogP contribution in [0.5, 0.6) is 0 Å². The van der Waals surface area contributed by atoms with Crippen LogP contribution in [0.2, 0.25) is 0 Å². The van der Waals surface area contributed by atoms with Gasteiger partial charge in [0.15, 0.2) is 5.82 Å². The minimum absolute atomic E-state index is 0.761. The molecule has 0 radical (unpaired) electrons. The van der Waals surface area contributed by atoms with Crippen LogP contribution in [-0.4, -0.2) is 9.97 Å². The Hall–Kier alpha value is -2.48. The highest BCUT2D eigenvalue weighted by Gasteiger charge is 2.02. The SMILES string of the molecule is Cc1cccc(-c2cnc(-c3ccccc3)nc2)c1. The van der Waals surface area contributed by atoms with Crippen LogP contribution in [-0.2, 0) is 0 Å². The van der Waals surface area contributed by atoms with Crippen LogP contribution in [0.1, 0.15) is 5.56 Å². The van der Waals surface area contributed by atoms with Gasteiger partial charge in [0.1, 0.15) is 0 Å². The molecule has 0 aliphatic rings. The molecule has 0 unspecified atom stereocenters. The molecule has 19 heavy (non-hydrogen) atoms. The lowest BCUT2D eigenvalue weighted by Crippen LogP contribution is -1.89. The minimum Gasteiger partial charge on any atom is -0.236 e. The lowest BCUT2D eigenvalue weighted by atomic mass is 10.1. The van der Waals surface area contributed by atoms with E-state index in [4.69, 9.17) is 0 Å². The zero-order valence-corrected chi connectivity index (χ0v) is 10.7. The second-order valence-electron chi connectivity index (χ2n) is 4.53. The first-order valence-corrected chi connectivity index (χ1v) is 6.27. The lowest BCUT2D eigenvalue weighted by molar-refractivity contribution is 1.18. The molecule has 0 spiro atoms. The maximum atomic E-state index is 4.44. The summed E-state index contributed by atoms with van der Waals surface area (Å²) < 4.78 is 0. The molecule has 0 aliphatic carbocycles. The standard InChI is InChI=1S/C17H14N2/c1-13-6-5-9-15(10-13)16-11-18-17(19-12-16)14-7-3-2-4-8-14/h2-12H,1H3. The molecule has 3 aromatic rings. The summed E-state index contributed by atoms with van der Waals surface area (Å²) in [6, 6.07) is 18.4. The first-order valence-electron chi connectivity index (χ1n) is 6.27. The van der Waals surface area contributed by atoms with E-state index in [0.29, 0.717) is 0 Å². The summed E-state index contributed by atoms with van der Waals surface area (Å²) in [6.07, 6.45) is 3.76. The predicted octanol–water partition coefficient (Wildman–Crippen LogP) is 4.12. The third-order valence-corrected chi connectivity index (χ3v) is 3.04. The molecule has 1 heterocycles. The Morgan fingerprint density at radius 3 is 2.05 bits per heavy atom. The molecule has 0 N–H and O–H groups in total. The minimum atomic E-state index is 0.761. The molecule has 2 aromatic carbocycles. The average Bonchev–Trinajstić information content (AvgIpc) is 2.48. The van der Waals surface area contributed by atoms with Crippen molar-refractivity contribution < 1.29 is 0 Å². The van der Waals surface area contributed by atoms with E-state index in [-0.39, 0.29) is 0 Å². The van der Waals surface area contributed by atoms with Gasteiger partial charge in [-0.1, -0.05) is 60.2 Å². The highest BCUT2D eigenvalue weighted by Crippen LogP contribution is 2.20. The fourth-order valence-electron chi connectivity index (χ4n) is 2.04. The van der Waals surface area contributed by atoms with Crippen molar-refractivity contribution in [3.05, 3.63) is 72.6 Å². The average molecular weight is 246 g/mol. The van der Waals surface area contributed by atoms with Crippen LogP contribution >= 0.6 is 0 Å². The fourth-order valence-corrected chi connectivity index (χ4v) is 2.04. The monoisotopic (exact) mass is 246 g/mol. The van der Waals surface area contributed by atoms with Crippen LogP contribution in [0.25, 0.3) is 22.5 Å². The van der Waals surface area contributed by atoms with Crippen LogP contribution in [0.15, 0.2) is 67.0 Å². The van der Waals surface area contributed by atoms with E-state index < -0.39 is 0 Å². The Kier molecular flexibility index (Phi) is 3.07. The van der Waals surface area contributed by atoms with Gasteiger partial charge >= 0.3 is 0 Å². The van der Waals surface area contributed by atoms with Crippen LogP contribution in [0, 0.1) is 6.92 Å². The number of nitrogens with zero attached hydrogens (tertiary/aromatic N) is 2. The molecular formula is C17H14N2. The second kappa shape index (κ2) is 5.02. The van der Waals surface area contributed by atoms with Crippen LogP contribution in [0.4, 0.5) is 0 Å². The number of aromatic nitrogens is 2. The van der Waals surface area contributed by atoms with Crippen molar-refractivity contribution >= 4 is 0 Å². The maximum absolute atomic E-state index is 4.44. The molecule has 0 bridgehead atoms. The Morgan fingerprint density at radius 1 is 0.684 bits per heavy atom. The molecule has 1 aromatic heterocycles. The van der Waals surface area contributed by atoms with E-state index in [0.717, 1.165) is 22.5 Å². The molecule has 92 valence electrons. The zero-order valence-electron chi connectivity index (χ0n) is 10.7. The number of benzene rings is 2. The molecule has 0 amide bonds. The van der Waals surface area contributed by atoms with Crippen molar-refractivity contribution in [1.29, 1.82) is 0 Å². The highest BCUT2D eigenvalue weighted by atomic mass is 14.9. The molecule has 3 rings (SSSR count). The second-order valence-corrected chi connectivity index (χ2v) is 4.53. The van der Waals surface area contributed by atoms with E-state index in [9.17, 15) is 0 Å². The lowest BCUT2D eigenvalue weighted by Gasteiger charge is -2.04. The van der Waals surface area contributed by atoms with Gasteiger partial charge in [-0.25, -0.2) is 9.97 Å². The summed E-state index contributed by atoms with van der Waals surface area (Å²) in [6.45, 7) is 2.09. The van der Waals surface area contributed by atoms with E-state index in [2.05, 4.69) is 41.2 Å². The number of hydrogen-bond donors (Lipinski definition) is 0. The van der Waals surface area contributed by atoms with Gasteiger partial charge in [0, 0.05) is 23.5 Å². The fraction of sp³-hybridized carbons (Fsp3) is 0.0588. The van der Waals surface area contributed by atoms with Gasteiger partial charge in [0.25, 0.3) is 0 Å². The molecule has 0 fully saturated rings. The van der Waals surface area contributed by atoms with Gasteiger partial charge in [0.2, 0.25) is 0 Å². The van der Waals surface area contributed by atoms with Gasteiger partial charge < -0.3 is 0 Å². The van der Waals surface area contributed by atoms with Gasteiger partial charge in [-0.15, -0.1) is 0 Å². The summed E-state index contributed by atoms with van der Waals surface area (Å²) >= 11 is 0. The number of rotatable bonds is 2. The Labute approximate surface area is 112 Å². The van der Waals surface area contributed by atoms with Gasteiger partial charge in [-0.05, 0) is 12.5 Å². The third-order valence-electron chi connectivity index (χ3n) is 3.04.